The Morgan fingerprint density at radius 3 is 0.500 bits per heavy atom. The number of hydrogen-bond acceptors (Lipinski definition) is 1. The Labute approximate surface area is 84.4 Å². The maximum atomic E-state index is 6.47. The molecular formula is H15ClNaO8. The summed E-state index contributed by atoms with van der Waals surface area (Å²) in [6, 6.07) is 0. The molecule has 0 atom stereocenters. The summed E-state index contributed by atoms with van der Waals surface area (Å²) in [7, 11) is 0. The van der Waals surface area contributed by atoms with Crippen LogP contribution in [0.5, 0.6) is 0 Å². The van der Waals surface area contributed by atoms with Crippen molar-refractivity contribution in [2.24, 2.45) is 0 Å². The molecule has 0 fully saturated rings. The van der Waals surface area contributed by atoms with E-state index >= 15 is 0 Å². The minimum absolute atomic E-state index is 0. The number of hydrogen-bond donors (Lipinski definition) is 1. The molecule has 10 heavy (non-hydrogen) atoms. The van der Waals surface area contributed by atoms with Crippen LogP contribution in [0.4, 0.5) is 0 Å². The molecule has 15 N–H and O–H groups in total. The third kappa shape index (κ3) is 606. The maximum absolute atomic E-state index is 6.47. The molecule has 1 radical (unpaired) electrons. The molecule has 0 saturated heterocycles. The van der Waals surface area contributed by atoms with Crippen molar-refractivity contribution in [3.8, 4) is 0 Å². The van der Waals surface area contributed by atoms with E-state index in [9.17, 15) is 0 Å². The van der Waals surface area contributed by atoms with Gasteiger partial charge in [0, 0.05) is 29.6 Å². The predicted octanol–water partition coefficient (Wildman–Crippen LogP) is -6.02. The van der Waals surface area contributed by atoms with E-state index < -0.39 is 0 Å². The number of halogens is 1. The van der Waals surface area contributed by atoms with Crippen LogP contribution in [0.2, 0.25) is 0 Å². The van der Waals surface area contributed by atoms with E-state index in [1.54, 1.807) is 0 Å². The Morgan fingerprint density at radius 2 is 0.500 bits per heavy atom. The van der Waals surface area contributed by atoms with Crippen molar-refractivity contribution in [2.45, 2.75) is 0 Å². The Morgan fingerprint density at radius 1 is 0.500 bits per heavy atom. The quantitative estimate of drug-likeness (QED) is 0.369. The largest absolute Gasteiger partial charge is 0.412 e. The zero-order valence-corrected chi connectivity index (χ0v) is 8.08. The molecule has 10 heteroatoms. The zero-order chi connectivity index (χ0) is 2.00. The summed E-state index contributed by atoms with van der Waals surface area (Å²) in [4.78, 5) is 0. The zero-order valence-electron chi connectivity index (χ0n) is 5.33. The third-order valence-electron chi connectivity index (χ3n) is 0. The smallest absolute Gasteiger partial charge is 0.0579 e. The van der Waals surface area contributed by atoms with Crippen molar-refractivity contribution in [1.29, 1.82) is 0 Å². The molecule has 0 aromatic carbocycles. The molecule has 0 aliphatic rings. The molecule has 0 saturated carbocycles. The molecule has 0 unspecified atom stereocenters. The summed E-state index contributed by atoms with van der Waals surface area (Å²) in [6.45, 7) is 0. The molecule has 8 nitrogen and oxygen atoms in total. The monoisotopic (exact) mass is 201 g/mol. The summed E-state index contributed by atoms with van der Waals surface area (Å²) in [5.74, 6) is 0. The van der Waals surface area contributed by atoms with Crippen LogP contribution in [0.3, 0.4) is 0 Å². The van der Waals surface area contributed by atoms with Crippen LogP contribution >= 0.6 is 11.9 Å². The van der Waals surface area contributed by atoms with Crippen LogP contribution in [-0.2, 0) is 0 Å². The van der Waals surface area contributed by atoms with Gasteiger partial charge < -0.3 is 38.3 Å². The standard InChI is InChI=1S/ClHO.Na.7H2O/c1-2;;;;;;;;/h2H;;7*1H2. The van der Waals surface area contributed by atoms with Crippen molar-refractivity contribution in [1.82, 2.24) is 0 Å². The van der Waals surface area contributed by atoms with Crippen LogP contribution < -0.4 is 0 Å². The van der Waals surface area contributed by atoms with Crippen LogP contribution in [0.25, 0.3) is 0 Å². The second-order valence-corrected chi connectivity index (χ2v) is 0. The van der Waals surface area contributed by atoms with Gasteiger partial charge in [-0.15, -0.1) is 0 Å². The molecule has 71 valence electrons. The second kappa shape index (κ2) is 853. The molecule has 0 rings (SSSR count). The molecule has 0 bridgehead atoms. The minimum atomic E-state index is 0. The molecule has 0 amide bonds. The SMILES string of the molecule is O.O.O.O.O.O.O.OCl.[Na]. The average molecular weight is 202 g/mol. The fourth-order valence-electron chi connectivity index (χ4n) is 0. The molecule has 0 heterocycles. The summed E-state index contributed by atoms with van der Waals surface area (Å²) < 4.78 is 6.47. The summed E-state index contributed by atoms with van der Waals surface area (Å²) in [6.07, 6.45) is 0. The molecule has 0 spiro atoms. The van der Waals surface area contributed by atoms with E-state index in [4.69, 9.17) is 4.66 Å². The van der Waals surface area contributed by atoms with Crippen LogP contribution in [-0.4, -0.2) is 72.5 Å². The fraction of sp³-hybridized carbons (Fsp3) is 0. The fourth-order valence-corrected chi connectivity index (χ4v) is 0. The van der Waals surface area contributed by atoms with Gasteiger partial charge in [-0.05, 0) is 0 Å². The topological polar surface area (TPSA) is 241 Å². The first kappa shape index (κ1) is 281. The van der Waals surface area contributed by atoms with Gasteiger partial charge in [0.25, 0.3) is 0 Å². The van der Waals surface area contributed by atoms with E-state index in [-0.39, 0.29) is 67.9 Å². The van der Waals surface area contributed by atoms with Crippen molar-refractivity contribution in [3.05, 3.63) is 0 Å². The van der Waals surface area contributed by atoms with Gasteiger partial charge >= 0.3 is 0 Å². The number of rotatable bonds is 0. The summed E-state index contributed by atoms with van der Waals surface area (Å²) in [5.41, 5.74) is 0. The van der Waals surface area contributed by atoms with Gasteiger partial charge in [0.15, 0.2) is 0 Å². The van der Waals surface area contributed by atoms with Gasteiger partial charge in [0.1, 0.15) is 0 Å². The Balaban J connectivity index is -0.000000000179. The Hall–Kier alpha value is 0.970. The first-order valence-corrected chi connectivity index (χ1v) is 0.507. The van der Waals surface area contributed by atoms with Crippen LogP contribution in [0.1, 0.15) is 0 Å². The minimum Gasteiger partial charge on any atom is -0.412 e. The van der Waals surface area contributed by atoms with Gasteiger partial charge in [0.2, 0.25) is 0 Å². The summed E-state index contributed by atoms with van der Waals surface area (Å²) >= 11 is 3.64. The van der Waals surface area contributed by atoms with Crippen molar-refractivity contribution in [2.75, 3.05) is 0 Å². The van der Waals surface area contributed by atoms with E-state index in [0.717, 1.165) is 0 Å². The third-order valence-corrected chi connectivity index (χ3v) is 0. The van der Waals surface area contributed by atoms with Gasteiger partial charge in [-0.3, -0.25) is 4.66 Å². The van der Waals surface area contributed by atoms with E-state index in [1.807, 2.05) is 0 Å². The first-order valence-electron chi connectivity index (χ1n) is 0.169. The van der Waals surface area contributed by atoms with Crippen molar-refractivity contribution >= 4 is 41.4 Å². The predicted molar refractivity (Wildman–Crippen MR) is 39.1 cm³/mol. The normalized spacial score (nSPS) is 0.600. The van der Waals surface area contributed by atoms with E-state index in [1.165, 1.54) is 0 Å². The first-order chi connectivity index (χ1) is 1.00. The van der Waals surface area contributed by atoms with E-state index in [2.05, 4.69) is 11.9 Å². The van der Waals surface area contributed by atoms with Crippen LogP contribution in [0.15, 0.2) is 0 Å². The van der Waals surface area contributed by atoms with Crippen LogP contribution in [0, 0.1) is 0 Å². The summed E-state index contributed by atoms with van der Waals surface area (Å²) in [5, 5.41) is 0. The van der Waals surface area contributed by atoms with Crippen molar-refractivity contribution in [3.63, 3.8) is 0 Å². The molecule has 0 aliphatic carbocycles. The second-order valence-electron chi connectivity index (χ2n) is 0. The van der Waals surface area contributed by atoms with Crippen molar-refractivity contribution < 1.29 is 43.0 Å². The van der Waals surface area contributed by atoms with E-state index in [0.29, 0.717) is 0 Å². The molecule has 0 aromatic rings. The van der Waals surface area contributed by atoms with Gasteiger partial charge in [-0.25, -0.2) is 0 Å². The average Bonchev–Trinajstić information content (AvgIpc) is 1.00. The van der Waals surface area contributed by atoms with Gasteiger partial charge in [0.05, 0.1) is 11.9 Å². The molecule has 0 aromatic heterocycles. The Kier molecular flexibility index (Phi) is 24000. The Bertz CT molecular complexity index is 9.22. The van der Waals surface area contributed by atoms with Gasteiger partial charge in [-0.2, -0.15) is 0 Å². The molecular weight excluding hydrogens is 186 g/mol. The molecule has 0 aliphatic heterocycles. The maximum Gasteiger partial charge on any atom is 0.0579 e. The van der Waals surface area contributed by atoms with Gasteiger partial charge in [-0.1, -0.05) is 0 Å².